The minimum absolute atomic E-state index is 0.271. The molecule has 1 aromatic heterocycles. The number of aromatic nitrogens is 2. The highest BCUT2D eigenvalue weighted by Crippen LogP contribution is 2.16. The molecule has 23 heavy (non-hydrogen) atoms. The molecular formula is C16H26N4O3. The summed E-state index contributed by atoms with van der Waals surface area (Å²) in [6.45, 7) is 7.14. The van der Waals surface area contributed by atoms with E-state index in [1.807, 2.05) is 19.9 Å². The number of nitrogens with zero attached hydrogens (tertiary/aromatic N) is 3. The minimum Gasteiger partial charge on any atom is -0.355 e. The van der Waals surface area contributed by atoms with Crippen LogP contribution < -0.4 is 10.2 Å². The van der Waals surface area contributed by atoms with Crippen LogP contribution in [0.25, 0.3) is 0 Å². The number of hydrogen-bond donors (Lipinski definition) is 1. The van der Waals surface area contributed by atoms with Crippen LogP contribution in [0.4, 0.5) is 5.82 Å². The van der Waals surface area contributed by atoms with Gasteiger partial charge in [0.25, 0.3) is 5.91 Å². The van der Waals surface area contributed by atoms with E-state index in [1.54, 1.807) is 6.07 Å². The van der Waals surface area contributed by atoms with Crippen molar-refractivity contribution in [3.63, 3.8) is 0 Å². The fourth-order valence-corrected chi connectivity index (χ4v) is 2.54. The Labute approximate surface area is 137 Å². The van der Waals surface area contributed by atoms with Crippen molar-refractivity contribution in [3.8, 4) is 0 Å². The molecular weight excluding hydrogens is 296 g/mol. The molecule has 0 spiro atoms. The smallest absolute Gasteiger partial charge is 0.271 e. The molecule has 2 rings (SSSR count). The maximum absolute atomic E-state index is 12.1. The number of ether oxygens (including phenoxy) is 2. The van der Waals surface area contributed by atoms with E-state index in [1.165, 1.54) is 19.3 Å². The van der Waals surface area contributed by atoms with Crippen LogP contribution in [0.2, 0.25) is 0 Å². The van der Waals surface area contributed by atoms with Crippen molar-refractivity contribution >= 4 is 11.7 Å². The summed E-state index contributed by atoms with van der Waals surface area (Å²) in [6, 6.07) is 3.57. The maximum Gasteiger partial charge on any atom is 0.271 e. The molecule has 1 fully saturated rings. The topological polar surface area (TPSA) is 76.6 Å². The van der Waals surface area contributed by atoms with E-state index in [9.17, 15) is 4.79 Å². The van der Waals surface area contributed by atoms with Gasteiger partial charge in [-0.25, -0.2) is 0 Å². The van der Waals surface area contributed by atoms with Gasteiger partial charge < -0.3 is 19.7 Å². The van der Waals surface area contributed by atoms with E-state index in [0.29, 0.717) is 18.9 Å². The number of piperidine rings is 1. The highest BCUT2D eigenvalue weighted by atomic mass is 16.7. The summed E-state index contributed by atoms with van der Waals surface area (Å²) in [4.78, 5) is 14.3. The van der Waals surface area contributed by atoms with Gasteiger partial charge in [0.15, 0.2) is 17.8 Å². The zero-order chi connectivity index (χ0) is 16.5. The SMILES string of the molecule is CCOC(CNC(=O)c1ccc(N2CCCCC2)nn1)OCC. The van der Waals surface area contributed by atoms with Gasteiger partial charge in [-0.2, -0.15) is 0 Å². The molecule has 1 N–H and O–H groups in total. The fraction of sp³-hybridized carbons (Fsp3) is 0.688. The van der Waals surface area contributed by atoms with E-state index >= 15 is 0 Å². The van der Waals surface area contributed by atoms with Crippen LogP contribution >= 0.6 is 0 Å². The third-order valence-electron chi connectivity index (χ3n) is 3.70. The normalized spacial score (nSPS) is 15.0. The molecule has 0 bridgehead atoms. The molecule has 0 atom stereocenters. The Morgan fingerprint density at radius 3 is 2.43 bits per heavy atom. The van der Waals surface area contributed by atoms with Gasteiger partial charge in [0.05, 0.1) is 6.54 Å². The largest absolute Gasteiger partial charge is 0.355 e. The van der Waals surface area contributed by atoms with Gasteiger partial charge in [-0.05, 0) is 45.2 Å². The van der Waals surface area contributed by atoms with Gasteiger partial charge in [-0.1, -0.05) is 0 Å². The molecule has 1 amide bonds. The molecule has 0 aliphatic carbocycles. The van der Waals surface area contributed by atoms with E-state index < -0.39 is 6.29 Å². The van der Waals surface area contributed by atoms with Crippen molar-refractivity contribution in [2.75, 3.05) is 37.7 Å². The average Bonchev–Trinajstić information content (AvgIpc) is 2.61. The lowest BCUT2D eigenvalue weighted by atomic mass is 10.1. The summed E-state index contributed by atoms with van der Waals surface area (Å²) < 4.78 is 10.8. The number of hydrogen-bond acceptors (Lipinski definition) is 6. The quantitative estimate of drug-likeness (QED) is 0.733. The second-order valence-electron chi connectivity index (χ2n) is 5.37. The molecule has 7 heteroatoms. The van der Waals surface area contributed by atoms with E-state index in [2.05, 4.69) is 20.4 Å². The fourth-order valence-electron chi connectivity index (χ4n) is 2.54. The second-order valence-corrected chi connectivity index (χ2v) is 5.37. The zero-order valence-electron chi connectivity index (χ0n) is 14.0. The van der Waals surface area contributed by atoms with Crippen molar-refractivity contribution in [1.82, 2.24) is 15.5 Å². The van der Waals surface area contributed by atoms with Crippen molar-refractivity contribution in [2.45, 2.75) is 39.4 Å². The van der Waals surface area contributed by atoms with Gasteiger partial charge in [-0.15, -0.1) is 10.2 Å². The minimum atomic E-state index is -0.436. The summed E-state index contributed by atoms with van der Waals surface area (Å²) >= 11 is 0. The first-order valence-electron chi connectivity index (χ1n) is 8.34. The van der Waals surface area contributed by atoms with Crippen molar-refractivity contribution < 1.29 is 14.3 Å². The summed E-state index contributed by atoms with van der Waals surface area (Å²) in [5.41, 5.74) is 0.303. The van der Waals surface area contributed by atoms with E-state index in [0.717, 1.165) is 18.9 Å². The highest BCUT2D eigenvalue weighted by molar-refractivity contribution is 5.92. The number of amides is 1. The number of rotatable bonds is 8. The lowest BCUT2D eigenvalue weighted by Crippen LogP contribution is -2.36. The molecule has 128 valence electrons. The predicted octanol–water partition coefficient (Wildman–Crippen LogP) is 1.60. The molecule has 7 nitrogen and oxygen atoms in total. The van der Waals surface area contributed by atoms with Crippen LogP contribution in [-0.2, 0) is 9.47 Å². The Kier molecular flexibility index (Phi) is 7.22. The Balaban J connectivity index is 1.86. The lowest BCUT2D eigenvalue weighted by molar-refractivity contribution is -0.131. The molecule has 0 aromatic carbocycles. The van der Waals surface area contributed by atoms with Crippen LogP contribution in [0, 0.1) is 0 Å². The second kappa shape index (κ2) is 9.42. The first kappa shape index (κ1) is 17.6. The number of anilines is 1. The van der Waals surface area contributed by atoms with E-state index in [-0.39, 0.29) is 12.5 Å². The van der Waals surface area contributed by atoms with Gasteiger partial charge in [0.2, 0.25) is 0 Å². The molecule has 1 aliphatic rings. The Hall–Kier alpha value is -1.73. The Morgan fingerprint density at radius 1 is 1.17 bits per heavy atom. The van der Waals surface area contributed by atoms with Crippen LogP contribution in [0.1, 0.15) is 43.6 Å². The molecule has 1 aromatic rings. The summed E-state index contributed by atoms with van der Waals surface area (Å²) in [5, 5.41) is 11.0. The predicted molar refractivity (Wildman–Crippen MR) is 87.5 cm³/mol. The van der Waals surface area contributed by atoms with Gasteiger partial charge >= 0.3 is 0 Å². The third kappa shape index (κ3) is 5.44. The average molecular weight is 322 g/mol. The van der Waals surface area contributed by atoms with Gasteiger partial charge in [-0.3, -0.25) is 4.79 Å². The lowest BCUT2D eigenvalue weighted by Gasteiger charge is -2.27. The molecule has 0 radical (unpaired) electrons. The van der Waals surface area contributed by atoms with Crippen LogP contribution in [-0.4, -0.2) is 55.2 Å². The summed E-state index contributed by atoms with van der Waals surface area (Å²) in [6.07, 6.45) is 3.19. The van der Waals surface area contributed by atoms with Gasteiger partial charge in [0, 0.05) is 26.3 Å². The third-order valence-corrected chi connectivity index (χ3v) is 3.70. The Morgan fingerprint density at radius 2 is 1.87 bits per heavy atom. The van der Waals surface area contributed by atoms with Crippen LogP contribution in [0.15, 0.2) is 12.1 Å². The molecule has 0 saturated carbocycles. The number of carbonyl (C=O) groups excluding carboxylic acids is 1. The monoisotopic (exact) mass is 322 g/mol. The van der Waals surface area contributed by atoms with Crippen molar-refractivity contribution in [2.24, 2.45) is 0 Å². The van der Waals surface area contributed by atoms with Gasteiger partial charge in [0.1, 0.15) is 0 Å². The molecule has 1 aliphatic heterocycles. The molecule has 2 heterocycles. The number of carbonyl (C=O) groups is 1. The summed E-state index contributed by atoms with van der Waals surface area (Å²) in [7, 11) is 0. The zero-order valence-corrected chi connectivity index (χ0v) is 14.0. The highest BCUT2D eigenvalue weighted by Gasteiger charge is 2.15. The first-order valence-corrected chi connectivity index (χ1v) is 8.34. The van der Waals surface area contributed by atoms with E-state index in [4.69, 9.17) is 9.47 Å². The van der Waals surface area contributed by atoms with Crippen LogP contribution in [0.5, 0.6) is 0 Å². The van der Waals surface area contributed by atoms with Crippen molar-refractivity contribution in [3.05, 3.63) is 17.8 Å². The van der Waals surface area contributed by atoms with Crippen LogP contribution in [0.3, 0.4) is 0 Å². The Bertz CT molecular complexity index is 469. The standard InChI is InChI=1S/C16H26N4O3/c1-3-22-15(23-4-2)12-17-16(21)13-8-9-14(19-18-13)20-10-6-5-7-11-20/h8-9,15H,3-7,10-12H2,1-2H3,(H,17,21). The number of nitrogens with one attached hydrogen (secondary N) is 1. The molecule has 1 saturated heterocycles. The molecule has 0 unspecified atom stereocenters. The first-order chi connectivity index (χ1) is 11.2. The van der Waals surface area contributed by atoms with Crippen molar-refractivity contribution in [1.29, 1.82) is 0 Å². The maximum atomic E-state index is 12.1. The summed E-state index contributed by atoms with van der Waals surface area (Å²) in [5.74, 6) is 0.565.